The molecule has 4 bridgehead atoms. The number of nitrogens with zero attached hydrogens (tertiary/aromatic N) is 1. The van der Waals surface area contributed by atoms with Crippen LogP contribution in [0.15, 0.2) is 41.5 Å². The minimum atomic E-state index is -0.217. The fourth-order valence-electron chi connectivity index (χ4n) is 6.16. The molecule has 2 aromatic rings. The fourth-order valence-corrected chi connectivity index (χ4v) is 6.16. The number of hydrogen-bond donors (Lipinski definition) is 2. The van der Waals surface area contributed by atoms with Crippen LogP contribution in [0.1, 0.15) is 50.5 Å². The maximum Gasteiger partial charge on any atom is 0.246 e. The lowest BCUT2D eigenvalue weighted by Gasteiger charge is -2.46. The van der Waals surface area contributed by atoms with E-state index in [9.17, 15) is 9.90 Å². The van der Waals surface area contributed by atoms with Crippen LogP contribution in [0.25, 0.3) is 10.8 Å². The number of hydrazone groups is 1. The Bertz CT molecular complexity index is 904. The first-order valence-corrected chi connectivity index (χ1v) is 10.2. The molecule has 2 atom stereocenters. The second-order valence-electron chi connectivity index (χ2n) is 8.96. The first kappa shape index (κ1) is 16.8. The molecule has 0 saturated heterocycles. The first-order chi connectivity index (χ1) is 13.1. The SMILES string of the molecule is O=C(NN=Cc1c(O)ccc2ccccc12)C12CC3C[C@H](CC[C@@H](C3)C1)C2. The number of phenolic OH excluding ortho intramolecular Hbond substituents is 1. The number of amides is 1. The Morgan fingerprint density at radius 1 is 1.04 bits per heavy atom. The van der Waals surface area contributed by atoms with Gasteiger partial charge < -0.3 is 5.11 Å². The van der Waals surface area contributed by atoms with Gasteiger partial charge in [0.1, 0.15) is 5.75 Å². The van der Waals surface area contributed by atoms with Crippen LogP contribution >= 0.6 is 0 Å². The van der Waals surface area contributed by atoms with Crippen LogP contribution in [0.2, 0.25) is 0 Å². The van der Waals surface area contributed by atoms with Crippen LogP contribution in [0.5, 0.6) is 5.75 Å². The van der Waals surface area contributed by atoms with E-state index in [-0.39, 0.29) is 17.1 Å². The fraction of sp³-hybridized carbons (Fsp3) is 0.478. The Labute approximate surface area is 159 Å². The summed E-state index contributed by atoms with van der Waals surface area (Å²) >= 11 is 0. The van der Waals surface area contributed by atoms with Gasteiger partial charge in [0.2, 0.25) is 5.91 Å². The van der Waals surface area contributed by atoms with E-state index in [4.69, 9.17) is 0 Å². The molecule has 0 unspecified atom stereocenters. The molecule has 140 valence electrons. The van der Waals surface area contributed by atoms with Gasteiger partial charge in [0.05, 0.1) is 11.6 Å². The minimum Gasteiger partial charge on any atom is -0.507 e. The quantitative estimate of drug-likeness (QED) is 0.619. The van der Waals surface area contributed by atoms with Gasteiger partial charge in [-0.1, -0.05) is 43.2 Å². The Hall–Kier alpha value is -2.36. The molecule has 4 saturated carbocycles. The monoisotopic (exact) mass is 362 g/mol. The van der Waals surface area contributed by atoms with E-state index >= 15 is 0 Å². The van der Waals surface area contributed by atoms with Crippen LogP contribution in [-0.4, -0.2) is 17.2 Å². The molecule has 4 aliphatic carbocycles. The summed E-state index contributed by atoms with van der Waals surface area (Å²) in [5, 5.41) is 16.5. The molecule has 2 aromatic carbocycles. The lowest BCUT2D eigenvalue weighted by atomic mass is 9.58. The topological polar surface area (TPSA) is 61.7 Å². The van der Waals surface area contributed by atoms with Crippen LogP contribution in [0.4, 0.5) is 0 Å². The van der Waals surface area contributed by atoms with E-state index in [1.54, 1.807) is 12.3 Å². The highest BCUT2D eigenvalue weighted by atomic mass is 16.3. The smallest absolute Gasteiger partial charge is 0.246 e. The van der Waals surface area contributed by atoms with Crippen LogP contribution in [0, 0.1) is 23.2 Å². The number of carbonyl (C=O) groups excluding carboxylic acids is 1. The predicted octanol–water partition coefficient (Wildman–Crippen LogP) is 4.60. The van der Waals surface area contributed by atoms with Crippen molar-refractivity contribution in [3.05, 3.63) is 42.0 Å². The zero-order valence-electron chi connectivity index (χ0n) is 15.5. The molecule has 0 spiro atoms. The minimum absolute atomic E-state index is 0.0831. The molecule has 2 N–H and O–H groups in total. The molecule has 4 aliphatic rings. The lowest BCUT2D eigenvalue weighted by molar-refractivity contribution is -0.138. The summed E-state index contributed by atoms with van der Waals surface area (Å²) in [6.07, 6.45) is 9.90. The van der Waals surface area contributed by atoms with Crippen molar-refractivity contribution in [3.63, 3.8) is 0 Å². The summed E-state index contributed by atoms with van der Waals surface area (Å²) < 4.78 is 0. The van der Waals surface area contributed by atoms with E-state index in [0.717, 1.165) is 36.0 Å². The van der Waals surface area contributed by atoms with Crippen LogP contribution in [0.3, 0.4) is 0 Å². The third-order valence-electron chi connectivity index (χ3n) is 7.14. The van der Waals surface area contributed by atoms with Gasteiger partial charge in [-0.2, -0.15) is 5.10 Å². The average molecular weight is 362 g/mol. The largest absolute Gasteiger partial charge is 0.507 e. The van der Waals surface area contributed by atoms with Crippen LogP contribution < -0.4 is 5.43 Å². The van der Waals surface area contributed by atoms with E-state index in [1.165, 1.54) is 25.7 Å². The van der Waals surface area contributed by atoms with Gasteiger partial charge in [-0.15, -0.1) is 0 Å². The molecule has 0 radical (unpaired) electrons. The van der Waals surface area contributed by atoms with E-state index in [1.807, 2.05) is 30.3 Å². The summed E-state index contributed by atoms with van der Waals surface area (Å²) in [5.41, 5.74) is 3.26. The van der Waals surface area contributed by atoms with Gasteiger partial charge in [-0.3, -0.25) is 4.79 Å². The van der Waals surface area contributed by atoms with Crippen molar-refractivity contribution in [1.29, 1.82) is 0 Å². The van der Waals surface area contributed by atoms with Crippen molar-refractivity contribution >= 4 is 22.9 Å². The molecule has 27 heavy (non-hydrogen) atoms. The van der Waals surface area contributed by atoms with E-state index < -0.39 is 0 Å². The Kier molecular flexibility index (Phi) is 3.96. The van der Waals surface area contributed by atoms with Crippen molar-refractivity contribution in [2.75, 3.05) is 0 Å². The Morgan fingerprint density at radius 2 is 1.74 bits per heavy atom. The molecule has 4 nitrogen and oxygen atoms in total. The maximum atomic E-state index is 13.1. The Balaban J connectivity index is 1.38. The normalized spacial score (nSPS) is 32.1. The van der Waals surface area contributed by atoms with Crippen molar-refractivity contribution in [3.8, 4) is 5.75 Å². The predicted molar refractivity (Wildman–Crippen MR) is 107 cm³/mol. The lowest BCUT2D eigenvalue weighted by Crippen LogP contribution is -2.47. The number of aromatic hydroxyl groups is 1. The molecule has 0 aromatic heterocycles. The van der Waals surface area contributed by atoms with Gasteiger partial charge >= 0.3 is 0 Å². The molecule has 4 fully saturated rings. The number of carbonyl (C=O) groups is 1. The second-order valence-corrected chi connectivity index (χ2v) is 8.96. The van der Waals surface area contributed by atoms with Crippen molar-refractivity contribution in [2.45, 2.75) is 44.9 Å². The summed E-state index contributed by atoms with van der Waals surface area (Å²) in [4.78, 5) is 13.1. The third kappa shape index (κ3) is 2.91. The summed E-state index contributed by atoms with van der Waals surface area (Å²) in [7, 11) is 0. The highest BCUT2D eigenvalue weighted by molar-refractivity contribution is 6.02. The zero-order valence-corrected chi connectivity index (χ0v) is 15.5. The molecule has 4 heteroatoms. The first-order valence-electron chi connectivity index (χ1n) is 10.2. The summed E-state index contributed by atoms with van der Waals surface area (Å²) in [5.74, 6) is 2.42. The number of nitrogens with one attached hydrogen (secondary N) is 1. The number of phenols is 1. The van der Waals surface area contributed by atoms with Gasteiger partial charge in [-0.25, -0.2) is 5.43 Å². The Morgan fingerprint density at radius 3 is 2.52 bits per heavy atom. The van der Waals surface area contributed by atoms with Gasteiger partial charge in [-0.05, 0) is 66.7 Å². The average Bonchev–Trinajstić information content (AvgIpc) is 2.89. The molecule has 1 amide bonds. The molecule has 0 heterocycles. The van der Waals surface area contributed by atoms with E-state index in [0.29, 0.717) is 17.4 Å². The number of hydrogen-bond acceptors (Lipinski definition) is 3. The standard InChI is InChI=1S/C23H26N2O2/c26-21-8-7-18-3-1-2-4-19(18)20(21)14-24-25-22(27)23-11-15-5-6-16(12-23)10-17(9-15)13-23/h1-4,7-8,14-17,26H,5-6,9-13H2,(H,25,27)/t15-,16-,17?,23?/m0/s1. The zero-order chi connectivity index (χ0) is 18.4. The maximum absolute atomic E-state index is 13.1. The summed E-state index contributed by atoms with van der Waals surface area (Å²) in [6, 6.07) is 11.4. The highest BCUT2D eigenvalue weighted by Gasteiger charge is 2.52. The van der Waals surface area contributed by atoms with Crippen molar-refractivity contribution in [2.24, 2.45) is 28.3 Å². The van der Waals surface area contributed by atoms with Crippen LogP contribution in [-0.2, 0) is 4.79 Å². The molecule has 0 aliphatic heterocycles. The molecule has 6 rings (SSSR count). The highest BCUT2D eigenvalue weighted by Crippen LogP contribution is 2.57. The third-order valence-corrected chi connectivity index (χ3v) is 7.14. The number of fused-ring (bicyclic) bond motifs is 2. The van der Waals surface area contributed by atoms with Gasteiger partial charge in [0.25, 0.3) is 0 Å². The van der Waals surface area contributed by atoms with Crippen molar-refractivity contribution in [1.82, 2.24) is 5.43 Å². The number of benzene rings is 2. The second kappa shape index (κ2) is 6.36. The number of rotatable bonds is 3. The molecular formula is C23H26N2O2. The molecular weight excluding hydrogens is 336 g/mol. The van der Waals surface area contributed by atoms with Gasteiger partial charge in [0, 0.05) is 5.56 Å². The van der Waals surface area contributed by atoms with Gasteiger partial charge in [0.15, 0.2) is 0 Å². The van der Waals surface area contributed by atoms with E-state index in [2.05, 4.69) is 10.5 Å². The summed E-state index contributed by atoms with van der Waals surface area (Å²) in [6.45, 7) is 0. The van der Waals surface area contributed by atoms with Crippen molar-refractivity contribution < 1.29 is 9.90 Å².